The quantitative estimate of drug-likeness (QED) is 0.515. The van der Waals surface area contributed by atoms with Gasteiger partial charge in [0, 0.05) is 11.8 Å². The van der Waals surface area contributed by atoms with Gasteiger partial charge in [-0.2, -0.15) is 0 Å². The smallest absolute Gasteiger partial charge is 0.279 e. The zero-order valence-electron chi connectivity index (χ0n) is 17.2. The molecule has 30 heavy (non-hydrogen) atoms. The number of ether oxygens (including phenoxy) is 2. The van der Waals surface area contributed by atoms with Gasteiger partial charge >= 0.3 is 0 Å². The first-order valence-electron chi connectivity index (χ1n) is 9.58. The fourth-order valence-electron chi connectivity index (χ4n) is 2.74. The number of rotatable bonds is 10. The van der Waals surface area contributed by atoms with Crippen LogP contribution in [0.3, 0.4) is 0 Å². The molecule has 0 fully saturated rings. The molecular weight excluding hydrogens is 429 g/mol. The van der Waals surface area contributed by atoms with E-state index in [2.05, 4.69) is 10.6 Å². The van der Waals surface area contributed by atoms with Gasteiger partial charge in [0.25, 0.3) is 11.8 Å². The molecule has 0 saturated carbocycles. The molecule has 9 heteroatoms. The second kappa shape index (κ2) is 11.6. The molecule has 7 nitrogen and oxygen atoms in total. The topological polar surface area (TPSA) is 81.1 Å². The molecule has 3 N–H and O–H groups in total. The molecule has 0 bridgehead atoms. The SMILES string of the molecule is CCOc1ccc(NC(=O)C[NH+](C)CC(=O)Nc2cccc(Cl)c2Cl)cc1OCC. The first-order valence-corrected chi connectivity index (χ1v) is 10.3. The van der Waals surface area contributed by atoms with Crippen molar-refractivity contribution in [3.8, 4) is 11.5 Å². The summed E-state index contributed by atoms with van der Waals surface area (Å²) in [7, 11) is 1.75. The van der Waals surface area contributed by atoms with Gasteiger partial charge in [0.1, 0.15) is 0 Å². The number of benzene rings is 2. The van der Waals surface area contributed by atoms with E-state index in [1.165, 1.54) is 0 Å². The minimum Gasteiger partial charge on any atom is -0.490 e. The lowest BCUT2D eigenvalue weighted by Crippen LogP contribution is -3.11. The van der Waals surface area contributed by atoms with Crippen LogP contribution in [0.5, 0.6) is 11.5 Å². The highest BCUT2D eigenvalue weighted by atomic mass is 35.5. The number of likely N-dealkylation sites (N-methyl/N-ethyl adjacent to an activating group) is 1. The molecule has 162 valence electrons. The molecular formula is C21H26Cl2N3O4+. The first-order chi connectivity index (χ1) is 14.3. The van der Waals surface area contributed by atoms with E-state index in [1.807, 2.05) is 13.8 Å². The Bertz CT molecular complexity index is 893. The molecule has 2 amide bonds. The fraction of sp³-hybridized carbons (Fsp3) is 0.333. The lowest BCUT2D eigenvalue weighted by Gasteiger charge is -2.15. The number of carbonyl (C=O) groups is 2. The van der Waals surface area contributed by atoms with Crippen LogP contribution < -0.4 is 25.0 Å². The molecule has 0 radical (unpaired) electrons. The maximum atomic E-state index is 12.4. The van der Waals surface area contributed by atoms with E-state index in [9.17, 15) is 9.59 Å². The molecule has 0 spiro atoms. The summed E-state index contributed by atoms with van der Waals surface area (Å²) in [6, 6.07) is 10.2. The third kappa shape index (κ3) is 7.09. The summed E-state index contributed by atoms with van der Waals surface area (Å²) < 4.78 is 11.1. The Balaban J connectivity index is 1.90. The Labute approximate surface area is 186 Å². The van der Waals surface area contributed by atoms with Crippen LogP contribution in [0.2, 0.25) is 10.0 Å². The molecule has 1 unspecified atom stereocenters. The molecule has 0 saturated heterocycles. The summed E-state index contributed by atoms with van der Waals surface area (Å²) >= 11 is 12.0. The van der Waals surface area contributed by atoms with Crippen molar-refractivity contribution >= 4 is 46.4 Å². The van der Waals surface area contributed by atoms with Crippen LogP contribution in [0, 0.1) is 0 Å². The minimum absolute atomic E-state index is 0.0870. The zero-order valence-corrected chi connectivity index (χ0v) is 18.7. The van der Waals surface area contributed by atoms with Crippen LogP contribution in [0.25, 0.3) is 0 Å². The second-order valence-electron chi connectivity index (χ2n) is 6.54. The van der Waals surface area contributed by atoms with Crippen LogP contribution in [0.4, 0.5) is 11.4 Å². The number of nitrogens with one attached hydrogen (secondary N) is 3. The maximum absolute atomic E-state index is 12.4. The molecule has 0 aromatic heterocycles. The maximum Gasteiger partial charge on any atom is 0.279 e. The molecule has 1 atom stereocenters. The Morgan fingerprint density at radius 2 is 1.57 bits per heavy atom. The number of anilines is 2. The van der Waals surface area contributed by atoms with E-state index in [4.69, 9.17) is 32.7 Å². The fourth-order valence-corrected chi connectivity index (χ4v) is 3.09. The van der Waals surface area contributed by atoms with Crippen LogP contribution in [-0.4, -0.2) is 45.2 Å². The lowest BCUT2D eigenvalue weighted by atomic mass is 10.2. The summed E-state index contributed by atoms with van der Waals surface area (Å²) in [6.07, 6.45) is 0. The van der Waals surface area contributed by atoms with Crippen molar-refractivity contribution in [1.82, 2.24) is 0 Å². The van der Waals surface area contributed by atoms with Crippen molar-refractivity contribution in [3.05, 3.63) is 46.4 Å². The monoisotopic (exact) mass is 454 g/mol. The van der Waals surface area contributed by atoms with E-state index >= 15 is 0 Å². The molecule has 2 aromatic carbocycles. The van der Waals surface area contributed by atoms with Gasteiger partial charge in [-0.1, -0.05) is 29.3 Å². The highest BCUT2D eigenvalue weighted by Gasteiger charge is 2.16. The van der Waals surface area contributed by atoms with Gasteiger partial charge in [0.15, 0.2) is 24.6 Å². The van der Waals surface area contributed by atoms with Crippen LogP contribution in [0.15, 0.2) is 36.4 Å². The highest BCUT2D eigenvalue weighted by Crippen LogP contribution is 2.31. The average Bonchev–Trinajstić information content (AvgIpc) is 2.67. The average molecular weight is 455 g/mol. The molecule has 0 aliphatic carbocycles. The van der Waals surface area contributed by atoms with E-state index < -0.39 is 0 Å². The van der Waals surface area contributed by atoms with E-state index in [1.54, 1.807) is 43.4 Å². The minimum atomic E-state index is -0.274. The van der Waals surface area contributed by atoms with Crippen molar-refractivity contribution in [2.45, 2.75) is 13.8 Å². The van der Waals surface area contributed by atoms with Crippen molar-refractivity contribution in [1.29, 1.82) is 0 Å². The van der Waals surface area contributed by atoms with Crippen LogP contribution >= 0.6 is 23.2 Å². The van der Waals surface area contributed by atoms with Crippen molar-refractivity contribution < 1.29 is 24.0 Å². The Morgan fingerprint density at radius 1 is 0.933 bits per heavy atom. The standard InChI is InChI=1S/C21H25Cl2N3O4/c1-4-29-17-10-9-14(11-18(17)30-5-2)24-19(27)12-26(3)13-20(28)25-16-8-6-7-15(22)21(16)23/h6-11H,4-5,12-13H2,1-3H3,(H,24,27)(H,25,28)/p+1. The number of carbonyl (C=O) groups excluding carboxylic acids is 2. The van der Waals surface area contributed by atoms with Gasteiger partial charge in [-0.25, -0.2) is 0 Å². The van der Waals surface area contributed by atoms with E-state index in [0.717, 1.165) is 0 Å². The number of hydrogen-bond acceptors (Lipinski definition) is 4. The Hall–Kier alpha value is -2.48. The zero-order chi connectivity index (χ0) is 22.1. The largest absolute Gasteiger partial charge is 0.490 e. The summed E-state index contributed by atoms with van der Waals surface area (Å²) in [5.41, 5.74) is 1.03. The van der Waals surface area contributed by atoms with Gasteiger partial charge in [-0.3, -0.25) is 9.59 Å². The number of halogens is 2. The molecule has 2 aromatic rings. The predicted octanol–water partition coefficient (Wildman–Crippen LogP) is 2.88. The first kappa shape index (κ1) is 23.8. The normalized spacial score (nSPS) is 11.5. The van der Waals surface area contributed by atoms with Crippen LogP contribution in [-0.2, 0) is 9.59 Å². The summed E-state index contributed by atoms with van der Waals surface area (Å²) in [6.45, 7) is 4.96. The molecule has 0 aliphatic rings. The highest BCUT2D eigenvalue weighted by molar-refractivity contribution is 6.44. The Kier molecular flexibility index (Phi) is 9.23. The number of hydrogen-bond donors (Lipinski definition) is 3. The summed E-state index contributed by atoms with van der Waals surface area (Å²) in [4.78, 5) is 25.3. The number of quaternary nitrogens is 1. The Morgan fingerprint density at radius 3 is 2.23 bits per heavy atom. The molecule has 0 aliphatic heterocycles. The van der Waals surface area contributed by atoms with Crippen LogP contribution in [0.1, 0.15) is 13.8 Å². The lowest BCUT2D eigenvalue weighted by molar-refractivity contribution is -0.862. The van der Waals surface area contributed by atoms with Gasteiger partial charge in [-0.05, 0) is 38.1 Å². The summed E-state index contributed by atoms with van der Waals surface area (Å²) in [5, 5.41) is 6.16. The third-order valence-electron chi connectivity index (χ3n) is 3.98. The molecule has 2 rings (SSSR count). The summed E-state index contributed by atoms with van der Waals surface area (Å²) in [5.74, 6) is 0.684. The number of amides is 2. The van der Waals surface area contributed by atoms with Gasteiger partial charge < -0.3 is 25.0 Å². The van der Waals surface area contributed by atoms with Gasteiger partial charge in [-0.15, -0.1) is 0 Å². The van der Waals surface area contributed by atoms with Crippen molar-refractivity contribution in [2.24, 2.45) is 0 Å². The van der Waals surface area contributed by atoms with Crippen molar-refractivity contribution in [3.63, 3.8) is 0 Å². The van der Waals surface area contributed by atoms with Crippen molar-refractivity contribution in [2.75, 3.05) is 44.0 Å². The third-order valence-corrected chi connectivity index (χ3v) is 4.80. The second-order valence-corrected chi connectivity index (χ2v) is 7.32. The van der Waals surface area contributed by atoms with Gasteiger partial charge in [0.2, 0.25) is 0 Å². The molecule has 0 heterocycles. The predicted molar refractivity (Wildman–Crippen MR) is 119 cm³/mol. The van der Waals surface area contributed by atoms with E-state index in [0.29, 0.717) is 46.0 Å². The van der Waals surface area contributed by atoms with E-state index in [-0.39, 0.29) is 29.9 Å². The van der Waals surface area contributed by atoms with Gasteiger partial charge in [0.05, 0.1) is 36.0 Å².